The van der Waals surface area contributed by atoms with Gasteiger partial charge in [-0.15, -0.1) is 0 Å². The molecule has 6 bridgehead atoms. The summed E-state index contributed by atoms with van der Waals surface area (Å²) in [5, 5.41) is 0. The van der Waals surface area contributed by atoms with Crippen LogP contribution in [-0.2, 0) is 28.6 Å². The Morgan fingerprint density at radius 2 is 1.08 bits per heavy atom. The summed E-state index contributed by atoms with van der Waals surface area (Å²) in [6.07, 6.45) is 34.8. The van der Waals surface area contributed by atoms with E-state index in [0.717, 1.165) is 103 Å². The van der Waals surface area contributed by atoms with Crippen LogP contribution in [0.15, 0.2) is 24.3 Å². The van der Waals surface area contributed by atoms with Crippen LogP contribution in [0.4, 0.5) is 0 Å². The third-order valence-corrected chi connectivity index (χ3v) is 13.8. The SMILES string of the molecule is CCCCC/C=C\C/C=C\CCCCCCCC(=O)O[C@@]12C[C@H]3C[C@@](OC(=O)CCCN(CC)CC)(C1)C[C@](OC(=O)CC14CCC(CC1)CC4)(C3)C2. The molecule has 0 aromatic heterocycles. The second kappa shape index (κ2) is 20.1. The van der Waals surface area contributed by atoms with Gasteiger partial charge in [0.1, 0.15) is 16.8 Å². The van der Waals surface area contributed by atoms with Gasteiger partial charge < -0.3 is 19.1 Å². The molecule has 0 amide bonds. The van der Waals surface area contributed by atoms with Crippen LogP contribution >= 0.6 is 0 Å². The zero-order valence-electron chi connectivity index (χ0n) is 34.1. The molecule has 0 saturated heterocycles. The van der Waals surface area contributed by atoms with Crippen LogP contribution in [0.1, 0.15) is 194 Å². The molecule has 7 saturated carbocycles. The van der Waals surface area contributed by atoms with Gasteiger partial charge in [0.2, 0.25) is 0 Å². The van der Waals surface area contributed by atoms with Crippen molar-refractivity contribution in [2.75, 3.05) is 19.6 Å². The molecule has 7 heteroatoms. The van der Waals surface area contributed by atoms with Gasteiger partial charge >= 0.3 is 17.9 Å². The number of carbonyl (C=O) groups excluding carboxylic acids is 3. The topological polar surface area (TPSA) is 82.1 Å². The fourth-order valence-electron chi connectivity index (χ4n) is 11.4. The first-order valence-corrected chi connectivity index (χ1v) is 22.3. The standard InChI is InChI=1S/C46H75NO6/c1-4-7-8-9-10-11-12-13-14-15-16-17-18-19-20-22-40(48)51-44-31-39-32-45(35-44,52-41(49)23-21-30-47(5-2)6-3)37-46(33-39,36-44)53-42(50)34-43-27-24-38(25-28-43)26-29-43/h10-11,13-14,38-39H,4-9,12,15-37H2,1-3H3/b11-10-,14-13-/t38?,39-,43?,44-,45+,46-/m0/s1. The number of esters is 3. The van der Waals surface area contributed by atoms with Gasteiger partial charge in [-0.3, -0.25) is 14.4 Å². The number of hydrogen-bond donors (Lipinski definition) is 0. The number of carbonyl (C=O) groups is 3. The summed E-state index contributed by atoms with van der Waals surface area (Å²) in [4.78, 5) is 43.0. The van der Waals surface area contributed by atoms with E-state index in [4.69, 9.17) is 14.2 Å². The van der Waals surface area contributed by atoms with Gasteiger partial charge in [-0.25, -0.2) is 0 Å². The number of ether oxygens (including phenoxy) is 3. The van der Waals surface area contributed by atoms with Crippen molar-refractivity contribution in [3.8, 4) is 0 Å². The summed E-state index contributed by atoms with van der Waals surface area (Å²) >= 11 is 0. The van der Waals surface area contributed by atoms with Crippen molar-refractivity contribution < 1.29 is 28.6 Å². The second-order valence-corrected chi connectivity index (χ2v) is 18.2. The molecule has 53 heavy (non-hydrogen) atoms. The molecule has 7 aliphatic carbocycles. The fourth-order valence-corrected chi connectivity index (χ4v) is 11.4. The maximum absolute atomic E-state index is 13.8. The van der Waals surface area contributed by atoms with Crippen molar-refractivity contribution in [3.63, 3.8) is 0 Å². The Balaban J connectivity index is 1.11. The van der Waals surface area contributed by atoms with Crippen LogP contribution in [0.25, 0.3) is 0 Å². The van der Waals surface area contributed by atoms with E-state index in [1.807, 2.05) is 0 Å². The first-order valence-electron chi connectivity index (χ1n) is 22.3. The second-order valence-electron chi connectivity index (χ2n) is 18.2. The van der Waals surface area contributed by atoms with Crippen molar-refractivity contribution in [2.45, 2.75) is 211 Å². The first-order chi connectivity index (χ1) is 25.6. The maximum atomic E-state index is 13.8. The van der Waals surface area contributed by atoms with Crippen molar-refractivity contribution >= 4 is 17.9 Å². The monoisotopic (exact) mass is 738 g/mol. The molecule has 0 aromatic rings. The summed E-state index contributed by atoms with van der Waals surface area (Å²) in [7, 11) is 0. The number of allylic oxidation sites excluding steroid dienone is 4. The smallest absolute Gasteiger partial charge is 0.306 e. The Kier molecular flexibility index (Phi) is 16.0. The Labute approximate surface area is 322 Å². The van der Waals surface area contributed by atoms with Crippen LogP contribution in [0.2, 0.25) is 0 Å². The largest absolute Gasteiger partial charge is 0.459 e. The quantitative estimate of drug-likeness (QED) is 0.0399. The number of fused-ring (bicyclic) bond motifs is 3. The minimum Gasteiger partial charge on any atom is -0.459 e. The molecule has 0 aromatic carbocycles. The molecule has 0 unspecified atom stereocenters. The number of nitrogens with zero attached hydrogens (tertiary/aromatic N) is 1. The van der Waals surface area contributed by atoms with Gasteiger partial charge in [0.25, 0.3) is 0 Å². The summed E-state index contributed by atoms with van der Waals surface area (Å²) in [5.74, 6) is 0.619. The van der Waals surface area contributed by atoms with Crippen LogP contribution < -0.4 is 0 Å². The van der Waals surface area contributed by atoms with Crippen molar-refractivity contribution in [1.29, 1.82) is 0 Å². The maximum Gasteiger partial charge on any atom is 0.306 e. The highest BCUT2D eigenvalue weighted by Gasteiger charge is 2.68. The van der Waals surface area contributed by atoms with Crippen molar-refractivity contribution in [3.05, 3.63) is 24.3 Å². The molecule has 4 atom stereocenters. The molecule has 0 aliphatic heterocycles. The van der Waals surface area contributed by atoms with E-state index in [0.29, 0.717) is 38.5 Å². The fraction of sp³-hybridized carbons (Fsp3) is 0.848. The van der Waals surface area contributed by atoms with Gasteiger partial charge in [0, 0.05) is 32.1 Å². The van der Waals surface area contributed by atoms with Crippen LogP contribution in [0.5, 0.6) is 0 Å². The van der Waals surface area contributed by atoms with Gasteiger partial charge in [0.05, 0.1) is 6.42 Å². The Morgan fingerprint density at radius 3 is 1.62 bits per heavy atom. The first kappa shape index (κ1) is 42.0. The molecule has 7 nitrogen and oxygen atoms in total. The summed E-state index contributed by atoms with van der Waals surface area (Å²) < 4.78 is 19.5. The van der Waals surface area contributed by atoms with Crippen molar-refractivity contribution in [2.24, 2.45) is 17.3 Å². The van der Waals surface area contributed by atoms with E-state index in [1.54, 1.807) is 0 Å². The van der Waals surface area contributed by atoms with E-state index < -0.39 is 16.8 Å². The lowest BCUT2D eigenvalue weighted by atomic mass is 9.50. The number of rotatable bonds is 25. The third-order valence-electron chi connectivity index (χ3n) is 13.8. The lowest BCUT2D eigenvalue weighted by molar-refractivity contribution is -0.273. The molecule has 0 spiro atoms. The molecular formula is C46H75NO6. The predicted molar refractivity (Wildman–Crippen MR) is 212 cm³/mol. The van der Waals surface area contributed by atoms with E-state index in [2.05, 4.69) is 50.0 Å². The van der Waals surface area contributed by atoms with Crippen molar-refractivity contribution in [1.82, 2.24) is 4.90 Å². The zero-order valence-corrected chi connectivity index (χ0v) is 34.1. The highest BCUT2D eigenvalue weighted by Crippen LogP contribution is 2.63. The minimum atomic E-state index is -0.743. The lowest BCUT2D eigenvalue weighted by Crippen LogP contribution is -2.69. The molecule has 0 N–H and O–H groups in total. The van der Waals surface area contributed by atoms with Gasteiger partial charge in [-0.2, -0.15) is 0 Å². The molecule has 0 radical (unpaired) electrons. The summed E-state index contributed by atoms with van der Waals surface area (Å²) in [6, 6.07) is 0. The predicted octanol–water partition coefficient (Wildman–Crippen LogP) is 11.1. The lowest BCUT2D eigenvalue weighted by Gasteiger charge is -2.63. The average Bonchev–Trinajstić information content (AvgIpc) is 3.11. The molecule has 0 heterocycles. The normalized spacial score (nSPS) is 31.5. The van der Waals surface area contributed by atoms with E-state index in [9.17, 15) is 14.4 Å². The highest BCUT2D eigenvalue weighted by molar-refractivity contribution is 5.72. The van der Waals surface area contributed by atoms with Crippen LogP contribution in [-0.4, -0.2) is 59.2 Å². The summed E-state index contributed by atoms with van der Waals surface area (Å²) in [6.45, 7) is 9.35. The van der Waals surface area contributed by atoms with Crippen LogP contribution in [0, 0.1) is 17.3 Å². The Morgan fingerprint density at radius 1 is 0.585 bits per heavy atom. The number of unbranched alkanes of at least 4 members (excludes halogenated alkanes) is 8. The molecule has 7 rings (SSSR count). The molecule has 7 fully saturated rings. The summed E-state index contributed by atoms with van der Waals surface area (Å²) in [5.41, 5.74) is -2.13. The van der Waals surface area contributed by atoms with Gasteiger partial charge in [-0.1, -0.05) is 77.2 Å². The van der Waals surface area contributed by atoms with Crippen LogP contribution in [0.3, 0.4) is 0 Å². The third kappa shape index (κ3) is 12.4. The molecular weight excluding hydrogens is 663 g/mol. The Hall–Kier alpha value is -2.15. The molecule has 300 valence electrons. The molecule has 7 aliphatic rings. The zero-order chi connectivity index (χ0) is 37.6. The number of hydrogen-bond acceptors (Lipinski definition) is 7. The Bertz CT molecular complexity index is 1220. The van der Waals surface area contributed by atoms with Gasteiger partial charge in [0.15, 0.2) is 0 Å². The average molecular weight is 738 g/mol. The van der Waals surface area contributed by atoms with E-state index >= 15 is 0 Å². The van der Waals surface area contributed by atoms with Gasteiger partial charge in [-0.05, 0) is 140 Å². The highest BCUT2D eigenvalue weighted by atomic mass is 16.6. The van der Waals surface area contributed by atoms with E-state index in [1.165, 1.54) is 57.8 Å². The minimum absolute atomic E-state index is 0.0921. The van der Waals surface area contributed by atoms with E-state index in [-0.39, 0.29) is 29.2 Å².